The van der Waals surface area contributed by atoms with Gasteiger partial charge in [0.15, 0.2) is 0 Å². The van der Waals surface area contributed by atoms with E-state index in [0.717, 1.165) is 5.76 Å². The average Bonchev–Trinajstić information content (AvgIpc) is 2.99. The topological polar surface area (TPSA) is 91.2 Å². The minimum atomic E-state index is -0.440. The summed E-state index contributed by atoms with van der Waals surface area (Å²) >= 11 is 0. The maximum Gasteiger partial charge on any atom is 0.264 e. The summed E-state index contributed by atoms with van der Waals surface area (Å²) in [6.07, 6.45) is 1.59. The first-order valence-electron chi connectivity index (χ1n) is 8.20. The molecule has 0 radical (unpaired) electrons. The molecule has 25 heavy (non-hydrogen) atoms. The number of aryl methyl sites for hydroxylation is 1. The number of amides is 1. The number of hydrogen-bond donors (Lipinski definition) is 2. The van der Waals surface area contributed by atoms with Crippen LogP contribution in [0.15, 0.2) is 27.6 Å². The molecule has 0 fully saturated rings. The number of nitrogens with one attached hydrogen (secondary N) is 2. The highest BCUT2D eigenvalue weighted by molar-refractivity contribution is 5.94. The molecule has 136 valence electrons. The number of carbonyl (C=O) groups is 1. The van der Waals surface area contributed by atoms with E-state index >= 15 is 0 Å². The molecule has 0 saturated carbocycles. The van der Waals surface area contributed by atoms with Crippen molar-refractivity contribution in [3.05, 3.63) is 51.6 Å². The van der Waals surface area contributed by atoms with Crippen molar-refractivity contribution >= 4 is 5.91 Å². The van der Waals surface area contributed by atoms with Gasteiger partial charge >= 0.3 is 0 Å². The van der Waals surface area contributed by atoms with Crippen LogP contribution >= 0.6 is 0 Å². The highest BCUT2D eigenvalue weighted by Crippen LogP contribution is 2.19. The van der Waals surface area contributed by atoms with Crippen LogP contribution in [0.1, 0.15) is 54.4 Å². The molecule has 0 aliphatic rings. The number of aromatic amines is 1. The second-order valence-corrected chi connectivity index (χ2v) is 7.33. The van der Waals surface area contributed by atoms with E-state index in [1.54, 1.807) is 19.3 Å². The molecule has 7 nitrogen and oxygen atoms in total. The van der Waals surface area contributed by atoms with Gasteiger partial charge in [0.1, 0.15) is 17.1 Å². The van der Waals surface area contributed by atoms with Crippen LogP contribution in [0.5, 0.6) is 0 Å². The number of carbonyl (C=O) groups excluding carboxylic acids is 1. The minimum Gasteiger partial charge on any atom is -0.468 e. The predicted octanol–water partition coefficient (Wildman–Crippen LogP) is 2.00. The molecule has 0 aliphatic carbocycles. The molecular formula is C18H26N4O3. The zero-order valence-corrected chi connectivity index (χ0v) is 15.6. The first kappa shape index (κ1) is 18.9. The molecule has 2 aromatic heterocycles. The molecule has 2 aromatic rings. The molecule has 1 amide bonds. The Labute approximate surface area is 147 Å². The highest BCUT2D eigenvalue weighted by atomic mass is 16.3. The third kappa shape index (κ3) is 4.36. The first-order valence-corrected chi connectivity index (χ1v) is 8.20. The molecule has 2 heterocycles. The van der Waals surface area contributed by atoms with Crippen LogP contribution in [-0.2, 0) is 5.41 Å². The molecule has 2 N–H and O–H groups in total. The standard InChI is InChI=1S/C18H26N4O3/c1-11-14(16(24)21-17(20-11)18(2,3)4)15(23)19-10-12(22(5)6)13-8-7-9-25-13/h7-9,12H,10H2,1-6H3,(H,19,23)(H,20,21,24). The molecule has 7 heteroatoms. The summed E-state index contributed by atoms with van der Waals surface area (Å²) in [6, 6.07) is 3.53. The van der Waals surface area contributed by atoms with E-state index in [4.69, 9.17) is 4.42 Å². The summed E-state index contributed by atoms with van der Waals surface area (Å²) in [4.78, 5) is 33.9. The van der Waals surface area contributed by atoms with E-state index in [1.165, 1.54) is 0 Å². The fourth-order valence-corrected chi connectivity index (χ4v) is 2.50. The van der Waals surface area contributed by atoms with Crippen molar-refractivity contribution in [3.63, 3.8) is 0 Å². The number of likely N-dealkylation sites (N-methyl/N-ethyl adjacent to an activating group) is 1. The summed E-state index contributed by atoms with van der Waals surface area (Å²) < 4.78 is 5.42. The van der Waals surface area contributed by atoms with Crippen molar-refractivity contribution in [1.82, 2.24) is 20.2 Å². The zero-order chi connectivity index (χ0) is 18.8. The summed E-state index contributed by atoms with van der Waals surface area (Å²) in [5, 5.41) is 2.81. The molecule has 0 bridgehead atoms. The number of hydrogen-bond acceptors (Lipinski definition) is 5. The molecule has 0 aliphatic heterocycles. The van der Waals surface area contributed by atoms with E-state index < -0.39 is 11.5 Å². The lowest BCUT2D eigenvalue weighted by molar-refractivity contribution is 0.0936. The second-order valence-electron chi connectivity index (χ2n) is 7.33. The van der Waals surface area contributed by atoms with Crippen LogP contribution in [0.4, 0.5) is 0 Å². The zero-order valence-electron chi connectivity index (χ0n) is 15.6. The van der Waals surface area contributed by atoms with Crippen LogP contribution < -0.4 is 10.9 Å². The Kier molecular flexibility index (Phi) is 5.47. The van der Waals surface area contributed by atoms with Gasteiger partial charge in [-0.3, -0.25) is 14.5 Å². The highest BCUT2D eigenvalue weighted by Gasteiger charge is 2.23. The van der Waals surface area contributed by atoms with Gasteiger partial charge in [-0.15, -0.1) is 0 Å². The van der Waals surface area contributed by atoms with Gasteiger partial charge in [0.05, 0.1) is 18.0 Å². The number of rotatable bonds is 5. The monoisotopic (exact) mass is 346 g/mol. The SMILES string of the molecule is Cc1nc(C(C)(C)C)[nH]c(=O)c1C(=O)NCC(c1ccco1)N(C)C. The van der Waals surface area contributed by atoms with Gasteiger partial charge in [0.25, 0.3) is 11.5 Å². The molecular weight excluding hydrogens is 320 g/mol. The number of furan rings is 1. The first-order chi connectivity index (χ1) is 11.6. The van der Waals surface area contributed by atoms with Crippen LogP contribution in [0.3, 0.4) is 0 Å². The lowest BCUT2D eigenvalue weighted by Gasteiger charge is -2.23. The Hall–Kier alpha value is -2.41. The van der Waals surface area contributed by atoms with Crippen LogP contribution in [0.2, 0.25) is 0 Å². The van der Waals surface area contributed by atoms with E-state index in [-0.39, 0.29) is 17.0 Å². The average molecular weight is 346 g/mol. The van der Waals surface area contributed by atoms with Gasteiger partial charge < -0.3 is 14.7 Å². The maximum atomic E-state index is 12.5. The molecule has 2 rings (SSSR count). The number of nitrogens with zero attached hydrogens (tertiary/aromatic N) is 2. The van der Waals surface area contributed by atoms with Crippen molar-refractivity contribution in [2.24, 2.45) is 0 Å². The van der Waals surface area contributed by atoms with Gasteiger partial charge in [-0.1, -0.05) is 20.8 Å². The summed E-state index contributed by atoms with van der Waals surface area (Å²) in [6.45, 7) is 7.86. The van der Waals surface area contributed by atoms with Crippen LogP contribution in [0.25, 0.3) is 0 Å². The Morgan fingerprint density at radius 1 is 1.40 bits per heavy atom. The van der Waals surface area contributed by atoms with Gasteiger partial charge in [-0.25, -0.2) is 4.98 Å². The molecule has 1 atom stereocenters. The van der Waals surface area contributed by atoms with Crippen molar-refractivity contribution in [3.8, 4) is 0 Å². The lowest BCUT2D eigenvalue weighted by Crippen LogP contribution is -2.38. The second kappa shape index (κ2) is 7.23. The fraction of sp³-hybridized carbons (Fsp3) is 0.500. The Morgan fingerprint density at radius 2 is 2.08 bits per heavy atom. The van der Waals surface area contributed by atoms with Crippen molar-refractivity contribution in [2.45, 2.75) is 39.2 Å². The van der Waals surface area contributed by atoms with Gasteiger partial charge in [0.2, 0.25) is 0 Å². The summed E-state index contributed by atoms with van der Waals surface area (Å²) in [5.74, 6) is 0.871. The smallest absolute Gasteiger partial charge is 0.264 e. The van der Waals surface area contributed by atoms with Gasteiger partial charge in [0, 0.05) is 12.0 Å². The Bertz CT molecular complexity index is 786. The number of H-pyrrole nitrogens is 1. The quantitative estimate of drug-likeness (QED) is 0.864. The van der Waals surface area contributed by atoms with Crippen molar-refractivity contribution in [2.75, 3.05) is 20.6 Å². The third-order valence-corrected chi connectivity index (χ3v) is 3.99. The third-order valence-electron chi connectivity index (χ3n) is 3.99. The summed E-state index contributed by atoms with van der Waals surface area (Å²) in [7, 11) is 3.80. The number of aromatic nitrogens is 2. The van der Waals surface area contributed by atoms with Crippen LogP contribution in [-0.4, -0.2) is 41.4 Å². The fourth-order valence-electron chi connectivity index (χ4n) is 2.50. The van der Waals surface area contributed by atoms with E-state index in [0.29, 0.717) is 18.1 Å². The summed E-state index contributed by atoms with van der Waals surface area (Å²) in [5.41, 5.74) is -0.251. The maximum absolute atomic E-state index is 12.5. The molecule has 1 unspecified atom stereocenters. The molecule has 0 aromatic carbocycles. The van der Waals surface area contributed by atoms with Gasteiger partial charge in [-0.05, 0) is 33.2 Å². The van der Waals surface area contributed by atoms with E-state index in [1.807, 2.05) is 45.8 Å². The normalized spacial score (nSPS) is 13.1. The van der Waals surface area contributed by atoms with Crippen molar-refractivity contribution in [1.29, 1.82) is 0 Å². The Balaban J connectivity index is 2.20. The lowest BCUT2D eigenvalue weighted by atomic mass is 9.95. The van der Waals surface area contributed by atoms with Crippen LogP contribution in [0, 0.1) is 6.92 Å². The minimum absolute atomic E-state index is 0.0463. The largest absolute Gasteiger partial charge is 0.468 e. The van der Waals surface area contributed by atoms with E-state index in [9.17, 15) is 9.59 Å². The predicted molar refractivity (Wildman–Crippen MR) is 95.8 cm³/mol. The Morgan fingerprint density at radius 3 is 2.56 bits per heavy atom. The molecule has 0 spiro atoms. The van der Waals surface area contributed by atoms with Crippen molar-refractivity contribution < 1.29 is 9.21 Å². The molecule has 0 saturated heterocycles. The van der Waals surface area contributed by atoms with Gasteiger partial charge in [-0.2, -0.15) is 0 Å². The van der Waals surface area contributed by atoms with E-state index in [2.05, 4.69) is 15.3 Å².